The van der Waals surface area contributed by atoms with Gasteiger partial charge in [-0.15, -0.1) is 0 Å². The average molecular weight is 297 g/mol. The SMILES string of the molecule is CSc1nc(-c2cccc3cn(C)nc23)c(C#N)c(=O)[nH]1. The number of aromatic nitrogens is 4. The fraction of sp³-hybridized carbons (Fsp3) is 0.143. The second-order valence-electron chi connectivity index (χ2n) is 4.46. The van der Waals surface area contributed by atoms with Crippen molar-refractivity contribution < 1.29 is 0 Å². The van der Waals surface area contributed by atoms with Crippen molar-refractivity contribution >= 4 is 22.7 Å². The molecule has 0 spiro atoms. The van der Waals surface area contributed by atoms with E-state index in [1.54, 1.807) is 4.68 Å². The van der Waals surface area contributed by atoms with Crippen molar-refractivity contribution in [1.82, 2.24) is 19.7 Å². The molecule has 0 saturated heterocycles. The van der Waals surface area contributed by atoms with Crippen LogP contribution in [0.15, 0.2) is 34.3 Å². The van der Waals surface area contributed by atoms with E-state index in [0.29, 0.717) is 16.4 Å². The van der Waals surface area contributed by atoms with Crippen molar-refractivity contribution in [3.63, 3.8) is 0 Å². The lowest BCUT2D eigenvalue weighted by Gasteiger charge is -2.05. The van der Waals surface area contributed by atoms with Crippen molar-refractivity contribution in [2.75, 3.05) is 6.26 Å². The topological polar surface area (TPSA) is 87.4 Å². The molecule has 0 aliphatic heterocycles. The van der Waals surface area contributed by atoms with Crippen LogP contribution < -0.4 is 5.56 Å². The highest BCUT2D eigenvalue weighted by molar-refractivity contribution is 7.98. The zero-order valence-electron chi connectivity index (χ0n) is 11.4. The maximum atomic E-state index is 12.0. The smallest absolute Gasteiger partial charge is 0.270 e. The van der Waals surface area contributed by atoms with Crippen LogP contribution >= 0.6 is 11.8 Å². The molecule has 2 heterocycles. The molecule has 1 N–H and O–H groups in total. The Balaban J connectivity index is 2.40. The molecule has 1 aromatic carbocycles. The Bertz CT molecular complexity index is 935. The number of thioether (sulfide) groups is 1. The molecule has 21 heavy (non-hydrogen) atoms. The van der Waals surface area contributed by atoms with Crippen LogP contribution in [-0.2, 0) is 7.05 Å². The van der Waals surface area contributed by atoms with Crippen LogP contribution in [0, 0.1) is 11.3 Å². The first-order valence-electron chi connectivity index (χ1n) is 6.15. The molecule has 0 fully saturated rings. The van der Waals surface area contributed by atoms with E-state index in [-0.39, 0.29) is 5.56 Å². The normalized spacial score (nSPS) is 10.7. The Morgan fingerprint density at radius 2 is 2.24 bits per heavy atom. The minimum atomic E-state index is -0.431. The molecule has 104 valence electrons. The summed E-state index contributed by atoms with van der Waals surface area (Å²) < 4.78 is 1.70. The monoisotopic (exact) mass is 297 g/mol. The average Bonchev–Trinajstić information content (AvgIpc) is 2.86. The van der Waals surface area contributed by atoms with Gasteiger partial charge >= 0.3 is 0 Å². The van der Waals surface area contributed by atoms with Crippen molar-refractivity contribution in [2.45, 2.75) is 5.16 Å². The maximum Gasteiger partial charge on any atom is 0.270 e. The second-order valence-corrected chi connectivity index (χ2v) is 5.25. The minimum absolute atomic E-state index is 0.00551. The summed E-state index contributed by atoms with van der Waals surface area (Å²) in [7, 11) is 1.83. The predicted octanol–water partition coefficient (Wildman–Crippen LogP) is 1.92. The fourth-order valence-corrected chi connectivity index (χ4v) is 2.58. The summed E-state index contributed by atoms with van der Waals surface area (Å²) in [6.07, 6.45) is 3.70. The van der Waals surface area contributed by atoms with Crippen LogP contribution in [-0.4, -0.2) is 26.0 Å². The number of nitriles is 1. The van der Waals surface area contributed by atoms with Crippen LogP contribution in [0.1, 0.15) is 5.56 Å². The van der Waals surface area contributed by atoms with Crippen LogP contribution in [0.4, 0.5) is 0 Å². The third kappa shape index (κ3) is 2.19. The van der Waals surface area contributed by atoms with Crippen molar-refractivity contribution in [1.29, 1.82) is 5.26 Å². The third-order valence-electron chi connectivity index (χ3n) is 3.11. The quantitative estimate of drug-likeness (QED) is 0.576. The summed E-state index contributed by atoms with van der Waals surface area (Å²) >= 11 is 1.32. The van der Waals surface area contributed by atoms with Crippen LogP contribution in [0.3, 0.4) is 0 Å². The molecule has 3 rings (SSSR count). The first kappa shape index (κ1) is 13.4. The van der Waals surface area contributed by atoms with Gasteiger partial charge in [0.2, 0.25) is 0 Å². The number of nitrogens with zero attached hydrogens (tertiary/aromatic N) is 4. The van der Waals surface area contributed by atoms with Crippen LogP contribution in [0.25, 0.3) is 22.2 Å². The number of aromatic amines is 1. The molecular formula is C14H11N5OS. The number of hydrogen-bond acceptors (Lipinski definition) is 5. The Hall–Kier alpha value is -2.59. The molecule has 6 nitrogen and oxygen atoms in total. The predicted molar refractivity (Wildman–Crippen MR) is 81.1 cm³/mol. The zero-order chi connectivity index (χ0) is 15.0. The second kappa shape index (κ2) is 5.07. The Morgan fingerprint density at radius 1 is 1.43 bits per heavy atom. The maximum absolute atomic E-state index is 12.0. The van der Waals surface area contributed by atoms with Gasteiger partial charge in [0.25, 0.3) is 5.56 Å². The summed E-state index contributed by atoms with van der Waals surface area (Å²) in [5, 5.41) is 15.1. The molecule has 0 unspecified atom stereocenters. The van der Waals surface area contributed by atoms with Gasteiger partial charge in [0.1, 0.15) is 17.1 Å². The Morgan fingerprint density at radius 3 is 2.95 bits per heavy atom. The summed E-state index contributed by atoms with van der Waals surface area (Å²) in [5.74, 6) is 0. The molecule has 0 radical (unpaired) electrons. The van der Waals surface area contributed by atoms with E-state index in [1.165, 1.54) is 11.8 Å². The van der Waals surface area contributed by atoms with Gasteiger partial charge < -0.3 is 4.98 Å². The van der Waals surface area contributed by atoms with Gasteiger partial charge in [-0.2, -0.15) is 10.4 Å². The molecule has 0 saturated carbocycles. The lowest BCUT2D eigenvalue weighted by Crippen LogP contribution is -2.14. The molecular weight excluding hydrogens is 286 g/mol. The highest BCUT2D eigenvalue weighted by Gasteiger charge is 2.16. The molecule has 0 aliphatic rings. The standard InChI is InChI=1S/C14H11N5OS/c1-19-7-8-4-3-5-9(11(8)18-19)12-10(6-15)13(20)17-14(16-12)21-2/h3-5,7H,1-2H3,(H,16,17,20). The van der Waals surface area contributed by atoms with E-state index in [9.17, 15) is 10.1 Å². The van der Waals surface area contributed by atoms with Gasteiger partial charge in [-0.3, -0.25) is 9.48 Å². The lowest BCUT2D eigenvalue weighted by molar-refractivity contribution is 0.780. The molecule has 3 aromatic rings. The molecule has 0 aliphatic carbocycles. The van der Waals surface area contributed by atoms with E-state index in [0.717, 1.165) is 10.9 Å². The van der Waals surface area contributed by atoms with Crippen molar-refractivity contribution in [3.05, 3.63) is 40.3 Å². The number of benzene rings is 1. The van der Waals surface area contributed by atoms with Crippen LogP contribution in [0.5, 0.6) is 0 Å². The molecule has 0 bridgehead atoms. The Kier molecular flexibility index (Phi) is 3.23. The van der Waals surface area contributed by atoms with Gasteiger partial charge in [-0.1, -0.05) is 30.0 Å². The van der Waals surface area contributed by atoms with Crippen LogP contribution in [0.2, 0.25) is 0 Å². The lowest BCUT2D eigenvalue weighted by atomic mass is 10.1. The summed E-state index contributed by atoms with van der Waals surface area (Å²) in [6.45, 7) is 0. The fourth-order valence-electron chi connectivity index (χ4n) is 2.20. The van der Waals surface area contributed by atoms with E-state index in [2.05, 4.69) is 15.1 Å². The molecule has 0 amide bonds. The van der Waals surface area contributed by atoms with E-state index < -0.39 is 5.56 Å². The molecule has 7 heteroatoms. The van der Waals surface area contributed by atoms with Crippen molar-refractivity contribution in [3.8, 4) is 17.3 Å². The molecule has 2 aromatic heterocycles. The number of H-pyrrole nitrogens is 1. The highest BCUT2D eigenvalue weighted by atomic mass is 32.2. The molecule has 0 atom stereocenters. The third-order valence-corrected chi connectivity index (χ3v) is 3.69. The highest BCUT2D eigenvalue weighted by Crippen LogP contribution is 2.28. The summed E-state index contributed by atoms with van der Waals surface area (Å²) in [4.78, 5) is 19.0. The van der Waals surface area contributed by atoms with Gasteiger partial charge in [-0.05, 0) is 6.26 Å². The number of aryl methyl sites for hydroxylation is 1. The summed E-state index contributed by atoms with van der Waals surface area (Å²) in [6, 6.07) is 7.55. The summed E-state index contributed by atoms with van der Waals surface area (Å²) in [5.41, 5.74) is 1.35. The van der Waals surface area contributed by atoms with E-state index in [1.807, 2.05) is 43.8 Å². The van der Waals surface area contributed by atoms with E-state index in [4.69, 9.17) is 0 Å². The van der Waals surface area contributed by atoms with E-state index >= 15 is 0 Å². The van der Waals surface area contributed by atoms with Gasteiger partial charge in [0.15, 0.2) is 5.16 Å². The van der Waals surface area contributed by atoms with Crippen molar-refractivity contribution in [2.24, 2.45) is 7.05 Å². The zero-order valence-corrected chi connectivity index (χ0v) is 12.2. The number of hydrogen-bond donors (Lipinski definition) is 1. The first-order valence-corrected chi connectivity index (χ1v) is 7.37. The minimum Gasteiger partial charge on any atom is -0.300 e. The first-order chi connectivity index (χ1) is 10.1. The van der Waals surface area contributed by atoms with Gasteiger partial charge in [0, 0.05) is 24.2 Å². The number of nitrogens with one attached hydrogen (secondary N) is 1. The largest absolute Gasteiger partial charge is 0.300 e. The van der Waals surface area contributed by atoms with Gasteiger partial charge in [-0.25, -0.2) is 4.98 Å². The number of fused-ring (bicyclic) bond motifs is 1. The Labute approximate surface area is 124 Å². The number of rotatable bonds is 2. The van der Waals surface area contributed by atoms with Gasteiger partial charge in [0.05, 0.1) is 5.69 Å².